The molecule has 90 valence electrons. The molecular weight excluding hydrogens is 240 g/mol. The SMILES string of the molecule is CN[C@@H](Cc1ccc(Cl)cc1)C(=O)OCC#N. The lowest BCUT2D eigenvalue weighted by molar-refractivity contribution is -0.144. The predicted octanol–water partition coefficient (Wildman–Crippen LogP) is 1.54. The molecule has 5 heteroatoms. The van der Waals surface area contributed by atoms with Gasteiger partial charge >= 0.3 is 5.97 Å². The number of hydrogen-bond acceptors (Lipinski definition) is 4. The summed E-state index contributed by atoms with van der Waals surface area (Å²) in [6, 6.07) is 8.55. The highest BCUT2D eigenvalue weighted by atomic mass is 35.5. The zero-order chi connectivity index (χ0) is 12.7. The fraction of sp³-hybridized carbons (Fsp3) is 0.333. The summed E-state index contributed by atoms with van der Waals surface area (Å²) in [7, 11) is 1.67. The third-order valence-electron chi connectivity index (χ3n) is 2.27. The number of rotatable bonds is 5. The van der Waals surface area contributed by atoms with Crippen LogP contribution >= 0.6 is 11.6 Å². The highest BCUT2D eigenvalue weighted by molar-refractivity contribution is 6.30. The number of hydrogen-bond donors (Lipinski definition) is 1. The lowest BCUT2D eigenvalue weighted by Crippen LogP contribution is -2.37. The van der Waals surface area contributed by atoms with Gasteiger partial charge in [0.2, 0.25) is 0 Å². The number of likely N-dealkylation sites (N-methyl/N-ethyl adjacent to an activating group) is 1. The van der Waals surface area contributed by atoms with Gasteiger partial charge in [0.15, 0.2) is 6.61 Å². The molecule has 0 fully saturated rings. The van der Waals surface area contributed by atoms with Gasteiger partial charge in [0.25, 0.3) is 0 Å². The minimum atomic E-state index is -0.454. The van der Waals surface area contributed by atoms with Crippen molar-refractivity contribution in [2.75, 3.05) is 13.7 Å². The lowest BCUT2D eigenvalue weighted by Gasteiger charge is -2.14. The molecule has 0 amide bonds. The van der Waals surface area contributed by atoms with E-state index in [1.165, 1.54) is 0 Å². The number of nitrogens with one attached hydrogen (secondary N) is 1. The first-order chi connectivity index (χ1) is 8.17. The number of halogens is 1. The smallest absolute Gasteiger partial charge is 0.324 e. The van der Waals surface area contributed by atoms with Crippen LogP contribution in [0, 0.1) is 11.3 Å². The second-order valence-electron chi connectivity index (χ2n) is 3.44. The van der Waals surface area contributed by atoms with E-state index in [4.69, 9.17) is 21.6 Å². The number of nitriles is 1. The van der Waals surface area contributed by atoms with Crippen molar-refractivity contribution < 1.29 is 9.53 Å². The van der Waals surface area contributed by atoms with Crippen LogP contribution in [0.3, 0.4) is 0 Å². The number of carbonyl (C=O) groups is 1. The van der Waals surface area contributed by atoms with Crippen LogP contribution in [0.5, 0.6) is 0 Å². The van der Waals surface area contributed by atoms with Crippen molar-refractivity contribution in [3.63, 3.8) is 0 Å². The van der Waals surface area contributed by atoms with Gasteiger partial charge in [-0.25, -0.2) is 0 Å². The fourth-order valence-corrected chi connectivity index (χ4v) is 1.49. The molecule has 0 aliphatic heterocycles. The van der Waals surface area contributed by atoms with E-state index in [2.05, 4.69) is 5.32 Å². The molecule has 1 aromatic rings. The summed E-state index contributed by atoms with van der Waals surface area (Å²) >= 11 is 5.77. The van der Waals surface area contributed by atoms with Crippen molar-refractivity contribution >= 4 is 17.6 Å². The van der Waals surface area contributed by atoms with Gasteiger partial charge in [0.05, 0.1) is 0 Å². The first kappa shape index (κ1) is 13.5. The van der Waals surface area contributed by atoms with E-state index in [1.54, 1.807) is 25.2 Å². The van der Waals surface area contributed by atoms with Crippen LogP contribution < -0.4 is 5.32 Å². The van der Waals surface area contributed by atoms with Crippen molar-refractivity contribution in [3.8, 4) is 6.07 Å². The van der Waals surface area contributed by atoms with Gasteiger partial charge in [-0.2, -0.15) is 5.26 Å². The Morgan fingerprint density at radius 3 is 2.71 bits per heavy atom. The normalized spacial score (nSPS) is 11.6. The molecule has 0 radical (unpaired) electrons. The maximum atomic E-state index is 11.5. The van der Waals surface area contributed by atoms with Crippen LogP contribution in [0.1, 0.15) is 5.56 Å². The standard InChI is InChI=1S/C12H13ClN2O2/c1-15-11(12(16)17-7-6-14)8-9-2-4-10(13)5-3-9/h2-5,11,15H,7-8H2,1H3/t11-/m0/s1. The zero-order valence-corrected chi connectivity index (χ0v) is 10.2. The highest BCUT2D eigenvalue weighted by Gasteiger charge is 2.18. The van der Waals surface area contributed by atoms with Crippen LogP contribution in [-0.2, 0) is 16.0 Å². The topological polar surface area (TPSA) is 62.1 Å². The van der Waals surface area contributed by atoms with Crippen molar-refractivity contribution in [1.29, 1.82) is 5.26 Å². The average Bonchev–Trinajstić information content (AvgIpc) is 2.35. The largest absolute Gasteiger partial charge is 0.449 e. The third kappa shape index (κ3) is 4.43. The molecule has 4 nitrogen and oxygen atoms in total. The Morgan fingerprint density at radius 2 is 2.18 bits per heavy atom. The second-order valence-corrected chi connectivity index (χ2v) is 3.87. The summed E-state index contributed by atoms with van der Waals surface area (Å²) in [4.78, 5) is 11.5. The molecule has 0 aromatic heterocycles. The summed E-state index contributed by atoms with van der Waals surface area (Å²) in [6.45, 7) is -0.225. The molecule has 0 unspecified atom stereocenters. The van der Waals surface area contributed by atoms with Crippen molar-refractivity contribution in [1.82, 2.24) is 5.32 Å². The Morgan fingerprint density at radius 1 is 1.53 bits per heavy atom. The Balaban J connectivity index is 2.60. The molecular formula is C12H13ClN2O2. The number of carbonyl (C=O) groups excluding carboxylic acids is 1. The molecule has 1 N–H and O–H groups in total. The maximum Gasteiger partial charge on any atom is 0.324 e. The molecule has 0 spiro atoms. The van der Waals surface area contributed by atoms with Gasteiger partial charge in [0, 0.05) is 5.02 Å². The number of esters is 1. The molecule has 1 aromatic carbocycles. The number of ether oxygens (including phenoxy) is 1. The third-order valence-corrected chi connectivity index (χ3v) is 2.52. The Kier molecular flexibility index (Phi) is 5.47. The summed E-state index contributed by atoms with van der Waals surface area (Å²) < 4.78 is 4.75. The van der Waals surface area contributed by atoms with Crippen LogP contribution in [0.2, 0.25) is 5.02 Å². The Hall–Kier alpha value is -1.57. The molecule has 0 bridgehead atoms. The highest BCUT2D eigenvalue weighted by Crippen LogP contribution is 2.11. The molecule has 0 saturated heterocycles. The monoisotopic (exact) mass is 252 g/mol. The average molecular weight is 253 g/mol. The fourth-order valence-electron chi connectivity index (χ4n) is 1.36. The summed E-state index contributed by atoms with van der Waals surface area (Å²) in [5, 5.41) is 11.8. The minimum Gasteiger partial charge on any atom is -0.449 e. The predicted molar refractivity (Wildman–Crippen MR) is 64.6 cm³/mol. The maximum absolute atomic E-state index is 11.5. The van der Waals surface area contributed by atoms with Gasteiger partial charge in [-0.15, -0.1) is 0 Å². The van der Waals surface area contributed by atoms with E-state index >= 15 is 0 Å². The summed E-state index contributed by atoms with van der Waals surface area (Å²) in [5.74, 6) is -0.427. The molecule has 1 rings (SSSR count). The van der Waals surface area contributed by atoms with E-state index in [-0.39, 0.29) is 6.61 Å². The molecule has 1 atom stereocenters. The molecule has 0 aliphatic carbocycles. The van der Waals surface area contributed by atoms with Crippen LogP contribution in [0.4, 0.5) is 0 Å². The van der Waals surface area contributed by atoms with E-state index in [9.17, 15) is 4.79 Å². The molecule has 0 aliphatic rings. The number of nitrogens with zero attached hydrogens (tertiary/aromatic N) is 1. The van der Waals surface area contributed by atoms with Crippen molar-refractivity contribution in [2.24, 2.45) is 0 Å². The van der Waals surface area contributed by atoms with Crippen LogP contribution in [0.15, 0.2) is 24.3 Å². The van der Waals surface area contributed by atoms with Gasteiger partial charge in [0.1, 0.15) is 12.1 Å². The van der Waals surface area contributed by atoms with E-state index in [0.717, 1.165) is 5.56 Å². The number of benzene rings is 1. The van der Waals surface area contributed by atoms with E-state index < -0.39 is 12.0 Å². The molecule has 0 heterocycles. The Labute approximate surface area is 105 Å². The molecule has 0 saturated carbocycles. The second kappa shape index (κ2) is 6.89. The van der Waals surface area contributed by atoms with Gasteiger partial charge in [-0.1, -0.05) is 23.7 Å². The zero-order valence-electron chi connectivity index (χ0n) is 9.44. The summed E-state index contributed by atoms with van der Waals surface area (Å²) in [6.07, 6.45) is 0.498. The van der Waals surface area contributed by atoms with Crippen LogP contribution in [0.25, 0.3) is 0 Å². The minimum absolute atomic E-state index is 0.225. The van der Waals surface area contributed by atoms with E-state index in [0.29, 0.717) is 11.4 Å². The first-order valence-corrected chi connectivity index (χ1v) is 5.50. The first-order valence-electron chi connectivity index (χ1n) is 5.12. The van der Waals surface area contributed by atoms with Crippen LogP contribution in [-0.4, -0.2) is 25.7 Å². The Bertz CT molecular complexity index is 412. The van der Waals surface area contributed by atoms with Gasteiger partial charge in [-0.3, -0.25) is 4.79 Å². The van der Waals surface area contributed by atoms with E-state index in [1.807, 2.05) is 12.1 Å². The molecule has 17 heavy (non-hydrogen) atoms. The van der Waals surface area contributed by atoms with Crippen molar-refractivity contribution in [2.45, 2.75) is 12.5 Å². The van der Waals surface area contributed by atoms with Gasteiger partial charge < -0.3 is 10.1 Å². The summed E-state index contributed by atoms with van der Waals surface area (Å²) in [5.41, 5.74) is 0.975. The van der Waals surface area contributed by atoms with Crippen molar-refractivity contribution in [3.05, 3.63) is 34.9 Å². The quantitative estimate of drug-likeness (QED) is 0.808. The van der Waals surface area contributed by atoms with Gasteiger partial charge in [-0.05, 0) is 31.2 Å². The lowest BCUT2D eigenvalue weighted by atomic mass is 10.1.